The van der Waals surface area contributed by atoms with Crippen molar-refractivity contribution in [2.24, 2.45) is 5.10 Å². The molecule has 0 fully saturated rings. The molecule has 36 heavy (non-hydrogen) atoms. The maximum absolute atomic E-state index is 12.5. The van der Waals surface area contributed by atoms with E-state index in [1.165, 1.54) is 6.21 Å². The minimum atomic E-state index is -0.468. The van der Waals surface area contributed by atoms with E-state index >= 15 is 0 Å². The summed E-state index contributed by atoms with van der Waals surface area (Å²) in [5, 5.41) is 6.16. The predicted molar refractivity (Wildman–Crippen MR) is 145 cm³/mol. The Labute approximate surface area is 218 Å². The normalized spacial score (nSPS) is 11.0. The number of nitrogens with one attached hydrogen (secondary N) is 1. The zero-order valence-electron chi connectivity index (χ0n) is 20.0. The van der Waals surface area contributed by atoms with Gasteiger partial charge in [0.1, 0.15) is 0 Å². The molecule has 1 N–H and O–H groups in total. The summed E-state index contributed by atoms with van der Waals surface area (Å²) in [6.45, 7) is 4.19. The lowest BCUT2D eigenvalue weighted by Gasteiger charge is -2.11. The van der Waals surface area contributed by atoms with Gasteiger partial charge in [0.05, 0.1) is 24.8 Å². The average molecular weight is 545 g/mol. The van der Waals surface area contributed by atoms with Crippen molar-refractivity contribution < 1.29 is 19.1 Å². The van der Waals surface area contributed by atoms with Gasteiger partial charge in [0.25, 0.3) is 0 Å². The molecule has 4 aromatic carbocycles. The molecule has 0 aliphatic heterocycles. The largest absolute Gasteiger partial charge is 0.490 e. The fraction of sp³-hybridized carbons (Fsp3) is 0.138. The molecule has 0 spiro atoms. The van der Waals surface area contributed by atoms with Crippen molar-refractivity contribution in [3.05, 3.63) is 106 Å². The zero-order valence-corrected chi connectivity index (χ0v) is 21.5. The Hall–Kier alpha value is -3.97. The summed E-state index contributed by atoms with van der Waals surface area (Å²) in [6, 6.07) is 24.0. The molecule has 6 nitrogen and oxygen atoms in total. The third-order valence-electron chi connectivity index (χ3n) is 5.47. The van der Waals surface area contributed by atoms with Gasteiger partial charge in [-0.3, -0.25) is 4.79 Å². The predicted octanol–water partition coefficient (Wildman–Crippen LogP) is 6.22. The zero-order chi connectivity index (χ0) is 25.5. The topological polar surface area (TPSA) is 77.0 Å². The van der Waals surface area contributed by atoms with Crippen molar-refractivity contribution in [2.75, 3.05) is 6.61 Å². The van der Waals surface area contributed by atoms with E-state index in [1.54, 1.807) is 30.3 Å². The summed E-state index contributed by atoms with van der Waals surface area (Å²) in [6.07, 6.45) is 1.72. The molecule has 0 atom stereocenters. The fourth-order valence-electron chi connectivity index (χ4n) is 3.68. The first kappa shape index (κ1) is 25.1. The second-order valence-corrected chi connectivity index (χ2v) is 8.97. The molecule has 1 amide bonds. The molecule has 0 unspecified atom stereocenters. The van der Waals surface area contributed by atoms with Crippen molar-refractivity contribution in [3.8, 4) is 11.5 Å². The van der Waals surface area contributed by atoms with E-state index in [4.69, 9.17) is 9.47 Å². The number of carbonyl (C=O) groups excluding carboxylic acids is 2. The van der Waals surface area contributed by atoms with E-state index in [1.807, 2.05) is 62.4 Å². The summed E-state index contributed by atoms with van der Waals surface area (Å²) in [5.41, 5.74) is 5.69. The van der Waals surface area contributed by atoms with Crippen LogP contribution in [0.2, 0.25) is 0 Å². The van der Waals surface area contributed by atoms with Crippen LogP contribution in [-0.2, 0) is 11.2 Å². The molecule has 0 aliphatic carbocycles. The first-order valence-electron chi connectivity index (χ1n) is 11.5. The van der Waals surface area contributed by atoms with Crippen LogP contribution in [0.25, 0.3) is 10.8 Å². The molecule has 0 aromatic heterocycles. The molecule has 0 heterocycles. The van der Waals surface area contributed by atoms with Gasteiger partial charge in [0, 0.05) is 4.47 Å². The lowest BCUT2D eigenvalue weighted by Crippen LogP contribution is -2.20. The number of fused-ring (bicyclic) bond motifs is 1. The van der Waals surface area contributed by atoms with Crippen LogP contribution in [-0.4, -0.2) is 24.7 Å². The molecule has 0 bridgehead atoms. The third kappa shape index (κ3) is 6.17. The van der Waals surface area contributed by atoms with Crippen LogP contribution in [0.1, 0.15) is 34.0 Å². The van der Waals surface area contributed by atoms with Crippen molar-refractivity contribution in [1.82, 2.24) is 5.43 Å². The van der Waals surface area contributed by atoms with E-state index in [0.717, 1.165) is 26.4 Å². The number of hydrazone groups is 1. The summed E-state index contributed by atoms with van der Waals surface area (Å²) >= 11 is 3.55. The van der Waals surface area contributed by atoms with Crippen LogP contribution in [0.5, 0.6) is 11.5 Å². The number of carbonyl (C=O) groups is 2. The van der Waals surface area contributed by atoms with E-state index in [0.29, 0.717) is 29.2 Å². The number of hydrogen-bond acceptors (Lipinski definition) is 5. The number of hydrogen-bond donors (Lipinski definition) is 1. The lowest BCUT2D eigenvalue weighted by molar-refractivity contribution is -0.120. The maximum atomic E-state index is 12.5. The summed E-state index contributed by atoms with van der Waals surface area (Å²) in [5.74, 6) is 0.0257. The van der Waals surface area contributed by atoms with E-state index in [2.05, 4.69) is 26.5 Å². The van der Waals surface area contributed by atoms with Gasteiger partial charge in [0.2, 0.25) is 5.91 Å². The highest BCUT2D eigenvalue weighted by molar-refractivity contribution is 9.10. The summed E-state index contributed by atoms with van der Waals surface area (Å²) < 4.78 is 12.2. The van der Waals surface area contributed by atoms with Crippen LogP contribution < -0.4 is 14.9 Å². The SMILES string of the molecule is CCOc1cc(/C=N/NC(=O)Cc2ccc(Br)c3ccccc23)ccc1OC(=O)c1ccc(C)cc1. The number of benzene rings is 4. The Balaban J connectivity index is 1.42. The van der Waals surface area contributed by atoms with Gasteiger partial charge in [-0.05, 0) is 72.1 Å². The first-order chi connectivity index (χ1) is 17.4. The Bertz CT molecular complexity index is 1430. The molecule has 0 aliphatic rings. The number of nitrogens with zero attached hydrogens (tertiary/aromatic N) is 1. The van der Waals surface area contributed by atoms with E-state index < -0.39 is 5.97 Å². The average Bonchev–Trinajstić information content (AvgIpc) is 2.88. The van der Waals surface area contributed by atoms with Crippen molar-refractivity contribution in [3.63, 3.8) is 0 Å². The number of ether oxygens (including phenoxy) is 2. The maximum Gasteiger partial charge on any atom is 0.343 e. The lowest BCUT2D eigenvalue weighted by atomic mass is 10.0. The van der Waals surface area contributed by atoms with Gasteiger partial charge >= 0.3 is 5.97 Å². The molecule has 0 saturated carbocycles. The van der Waals surface area contributed by atoms with Crippen molar-refractivity contribution in [1.29, 1.82) is 0 Å². The van der Waals surface area contributed by atoms with Crippen molar-refractivity contribution >= 4 is 44.8 Å². The molecule has 4 aromatic rings. The molecule has 182 valence electrons. The summed E-state index contributed by atoms with van der Waals surface area (Å²) in [4.78, 5) is 25.0. The van der Waals surface area contributed by atoms with Crippen LogP contribution in [0.3, 0.4) is 0 Å². The Kier molecular flexibility index (Phi) is 8.13. The summed E-state index contributed by atoms with van der Waals surface area (Å²) in [7, 11) is 0. The quantitative estimate of drug-likeness (QED) is 0.123. The van der Waals surface area contributed by atoms with Gasteiger partial charge in [-0.2, -0.15) is 5.10 Å². The van der Waals surface area contributed by atoms with Gasteiger partial charge < -0.3 is 9.47 Å². The first-order valence-corrected chi connectivity index (χ1v) is 12.3. The molecular weight excluding hydrogens is 520 g/mol. The third-order valence-corrected chi connectivity index (χ3v) is 6.16. The standard InChI is InChI=1S/C29H25BrN2O4/c1-3-35-27-16-20(10-15-26(27)36-29(34)21-11-8-19(2)9-12-21)18-31-32-28(33)17-22-13-14-25(30)24-7-5-4-6-23(22)24/h4-16,18H,3,17H2,1-2H3,(H,32,33)/b31-18+. The second-order valence-electron chi connectivity index (χ2n) is 8.12. The van der Waals surface area contributed by atoms with Gasteiger partial charge in [0.15, 0.2) is 11.5 Å². The van der Waals surface area contributed by atoms with Crippen molar-refractivity contribution in [2.45, 2.75) is 20.3 Å². The van der Waals surface area contributed by atoms with Crippen LogP contribution >= 0.6 is 15.9 Å². The van der Waals surface area contributed by atoms with Gasteiger partial charge in [-0.25, -0.2) is 10.2 Å². The highest BCUT2D eigenvalue weighted by Gasteiger charge is 2.13. The number of amides is 1. The molecule has 0 radical (unpaired) electrons. The minimum Gasteiger partial charge on any atom is -0.490 e. The Morgan fingerprint density at radius 3 is 2.44 bits per heavy atom. The molecule has 4 rings (SSSR count). The molecule has 7 heteroatoms. The molecule has 0 saturated heterocycles. The number of rotatable bonds is 8. The van der Waals surface area contributed by atoms with Crippen LogP contribution in [0, 0.1) is 6.92 Å². The van der Waals surface area contributed by atoms with E-state index in [9.17, 15) is 9.59 Å². The highest BCUT2D eigenvalue weighted by atomic mass is 79.9. The number of esters is 1. The highest BCUT2D eigenvalue weighted by Crippen LogP contribution is 2.29. The monoisotopic (exact) mass is 544 g/mol. The Morgan fingerprint density at radius 1 is 0.944 bits per heavy atom. The van der Waals surface area contributed by atoms with Crippen LogP contribution in [0.4, 0.5) is 0 Å². The van der Waals surface area contributed by atoms with Crippen LogP contribution in [0.15, 0.2) is 88.4 Å². The minimum absolute atomic E-state index is 0.198. The fourth-order valence-corrected chi connectivity index (χ4v) is 4.15. The molecular formula is C29H25BrN2O4. The number of aryl methyl sites for hydroxylation is 1. The second kappa shape index (κ2) is 11.6. The number of halogens is 1. The Morgan fingerprint density at radius 2 is 1.69 bits per heavy atom. The van der Waals surface area contributed by atoms with E-state index in [-0.39, 0.29) is 12.3 Å². The van der Waals surface area contributed by atoms with Gasteiger partial charge in [-0.1, -0.05) is 64.0 Å². The smallest absolute Gasteiger partial charge is 0.343 e. The van der Waals surface area contributed by atoms with Gasteiger partial charge in [-0.15, -0.1) is 0 Å².